The number of ether oxygens (including phenoxy) is 1. The molecule has 0 bridgehead atoms. The molecule has 0 spiro atoms. The molecule has 0 saturated heterocycles. The molecule has 23 heavy (non-hydrogen) atoms. The maximum atomic E-state index is 10.8. The fraction of sp³-hybridized carbons (Fsp3) is 0.333. The van der Waals surface area contributed by atoms with Crippen molar-refractivity contribution in [1.82, 2.24) is 0 Å². The van der Waals surface area contributed by atoms with Crippen LogP contribution in [0.2, 0.25) is 0 Å². The molecule has 1 N–H and O–H groups in total. The number of aromatic carboxylic acids is 1. The Balaban J connectivity index is 1.75. The van der Waals surface area contributed by atoms with Crippen LogP contribution in [0.1, 0.15) is 47.1 Å². The van der Waals surface area contributed by atoms with E-state index in [-0.39, 0.29) is 5.76 Å². The minimum absolute atomic E-state index is 0.136. The predicted octanol–water partition coefficient (Wildman–Crippen LogP) is 4.14. The number of aryl methyl sites for hydroxylation is 1. The number of carboxylic acid groups (broad SMARTS) is 1. The van der Waals surface area contributed by atoms with E-state index in [1.54, 1.807) is 6.07 Å². The van der Waals surface area contributed by atoms with Crippen molar-refractivity contribution < 1.29 is 19.1 Å². The van der Waals surface area contributed by atoms with Crippen LogP contribution >= 0.6 is 0 Å². The van der Waals surface area contributed by atoms with Gasteiger partial charge >= 0.3 is 5.97 Å². The van der Waals surface area contributed by atoms with Crippen LogP contribution in [0.3, 0.4) is 0 Å². The zero-order valence-electron chi connectivity index (χ0n) is 13.0. The Bertz CT molecular complexity index is 699. The smallest absolute Gasteiger partial charge is 0.371 e. The molecular weight excluding hydrogens is 294 g/mol. The topological polar surface area (TPSA) is 83.5 Å². The van der Waals surface area contributed by atoms with Gasteiger partial charge in [0.25, 0.3) is 0 Å². The highest BCUT2D eigenvalue weighted by Gasteiger charge is 2.17. The van der Waals surface area contributed by atoms with Gasteiger partial charge in [0.1, 0.15) is 17.4 Å². The molecule has 5 nitrogen and oxygen atoms in total. The van der Waals surface area contributed by atoms with Gasteiger partial charge in [-0.25, -0.2) is 4.79 Å². The average molecular weight is 313 g/mol. The second-order valence-corrected chi connectivity index (χ2v) is 5.35. The van der Waals surface area contributed by atoms with Crippen LogP contribution in [-0.2, 0) is 0 Å². The predicted molar refractivity (Wildman–Crippen MR) is 84.5 cm³/mol. The number of nitrogens with zero attached hydrogens (tertiary/aromatic N) is 1. The molecular formula is C18H19NO4. The van der Waals surface area contributed by atoms with Crippen LogP contribution in [0.4, 0.5) is 0 Å². The van der Waals surface area contributed by atoms with Crippen molar-refractivity contribution in [2.24, 2.45) is 0 Å². The Morgan fingerprint density at radius 2 is 2.17 bits per heavy atom. The van der Waals surface area contributed by atoms with Gasteiger partial charge < -0.3 is 14.3 Å². The van der Waals surface area contributed by atoms with Crippen molar-refractivity contribution in [3.8, 4) is 11.8 Å². The number of furan rings is 1. The molecule has 1 aromatic carbocycles. The summed E-state index contributed by atoms with van der Waals surface area (Å²) in [6.45, 7) is 2.60. The Morgan fingerprint density at radius 1 is 1.35 bits per heavy atom. The Hall–Kier alpha value is -2.74. The number of carboxylic acids is 1. The first-order chi connectivity index (χ1) is 11.1. The number of rotatable bonds is 8. The Kier molecular flexibility index (Phi) is 5.81. The van der Waals surface area contributed by atoms with Crippen LogP contribution in [-0.4, -0.2) is 17.7 Å². The first kappa shape index (κ1) is 16.6. The minimum Gasteiger partial charge on any atom is -0.494 e. The highest BCUT2D eigenvalue weighted by Crippen LogP contribution is 2.24. The van der Waals surface area contributed by atoms with Crippen molar-refractivity contribution in [2.75, 3.05) is 6.61 Å². The van der Waals surface area contributed by atoms with Crippen LogP contribution in [0.15, 0.2) is 40.8 Å². The third-order valence-corrected chi connectivity index (χ3v) is 3.48. The molecule has 0 aliphatic rings. The summed E-state index contributed by atoms with van der Waals surface area (Å²) in [5.41, 5.74) is 1.15. The van der Waals surface area contributed by atoms with Gasteiger partial charge in [0.05, 0.1) is 12.7 Å². The van der Waals surface area contributed by atoms with E-state index in [0.29, 0.717) is 18.8 Å². The molecule has 1 unspecified atom stereocenters. The van der Waals surface area contributed by atoms with Crippen molar-refractivity contribution in [1.29, 1.82) is 5.26 Å². The van der Waals surface area contributed by atoms with E-state index in [1.165, 1.54) is 6.07 Å². The zero-order chi connectivity index (χ0) is 16.7. The van der Waals surface area contributed by atoms with Gasteiger partial charge in [-0.3, -0.25) is 0 Å². The monoisotopic (exact) mass is 313 g/mol. The van der Waals surface area contributed by atoms with Crippen LogP contribution in [0.25, 0.3) is 0 Å². The lowest BCUT2D eigenvalue weighted by atomic mass is 10.0. The summed E-state index contributed by atoms with van der Waals surface area (Å²) in [4.78, 5) is 10.8. The largest absolute Gasteiger partial charge is 0.494 e. The fourth-order valence-corrected chi connectivity index (χ4v) is 2.27. The zero-order valence-corrected chi connectivity index (χ0v) is 13.0. The minimum atomic E-state index is -1.13. The number of hydrogen-bond acceptors (Lipinski definition) is 4. The molecule has 0 radical (unpaired) electrons. The van der Waals surface area contributed by atoms with Crippen molar-refractivity contribution in [3.63, 3.8) is 0 Å². The molecule has 120 valence electrons. The fourth-order valence-electron chi connectivity index (χ4n) is 2.27. The average Bonchev–Trinajstić information content (AvgIpc) is 3.01. The summed E-state index contributed by atoms with van der Waals surface area (Å²) in [6, 6.07) is 13.0. The van der Waals surface area contributed by atoms with Gasteiger partial charge in [-0.05, 0) is 56.0 Å². The number of carbonyl (C=O) groups is 1. The standard InChI is InChI=1S/C18H19NO4/c1-13-5-4-7-15(11-13)22-10-3-2-6-14(12-19)16-8-9-17(23-16)18(20)21/h4-5,7-9,11,14H,2-3,6,10H2,1H3,(H,20,21). The molecule has 1 aromatic heterocycles. The summed E-state index contributed by atoms with van der Waals surface area (Å²) in [5, 5.41) is 18.0. The van der Waals surface area contributed by atoms with Crippen LogP contribution in [0.5, 0.6) is 5.75 Å². The molecule has 0 fully saturated rings. The van der Waals surface area contributed by atoms with Gasteiger partial charge in [-0.1, -0.05) is 12.1 Å². The summed E-state index contributed by atoms with van der Waals surface area (Å²) < 4.78 is 10.8. The molecule has 2 aromatic rings. The summed E-state index contributed by atoms with van der Waals surface area (Å²) in [5.74, 6) is -0.437. The SMILES string of the molecule is Cc1cccc(OCCCCC(C#N)c2ccc(C(=O)O)o2)c1. The highest BCUT2D eigenvalue weighted by molar-refractivity contribution is 5.84. The molecule has 0 saturated carbocycles. The lowest BCUT2D eigenvalue weighted by molar-refractivity contribution is 0.0660. The van der Waals surface area contributed by atoms with E-state index in [0.717, 1.165) is 24.2 Å². The van der Waals surface area contributed by atoms with Crippen LogP contribution < -0.4 is 4.74 Å². The van der Waals surface area contributed by atoms with Crippen LogP contribution in [0, 0.1) is 18.3 Å². The van der Waals surface area contributed by atoms with E-state index in [1.807, 2.05) is 31.2 Å². The summed E-state index contributed by atoms with van der Waals surface area (Å²) in [7, 11) is 0. The number of nitriles is 1. The first-order valence-electron chi connectivity index (χ1n) is 7.52. The number of hydrogen-bond donors (Lipinski definition) is 1. The van der Waals surface area contributed by atoms with Gasteiger partial charge in [-0.15, -0.1) is 0 Å². The van der Waals surface area contributed by atoms with Gasteiger partial charge in [0.2, 0.25) is 5.76 Å². The van der Waals surface area contributed by atoms with Gasteiger partial charge in [0.15, 0.2) is 0 Å². The summed E-state index contributed by atoms with van der Waals surface area (Å²) in [6.07, 6.45) is 2.23. The summed E-state index contributed by atoms with van der Waals surface area (Å²) >= 11 is 0. The molecule has 0 aliphatic carbocycles. The third-order valence-electron chi connectivity index (χ3n) is 3.48. The Labute approximate surface area is 135 Å². The maximum Gasteiger partial charge on any atom is 0.371 e. The highest BCUT2D eigenvalue weighted by atomic mass is 16.5. The molecule has 0 aliphatic heterocycles. The van der Waals surface area contributed by atoms with Crippen molar-refractivity contribution in [2.45, 2.75) is 32.1 Å². The number of benzene rings is 1. The molecule has 1 heterocycles. The molecule has 2 rings (SSSR count). The number of unbranched alkanes of at least 4 members (excludes halogenated alkanes) is 1. The van der Waals surface area contributed by atoms with Crippen molar-refractivity contribution in [3.05, 3.63) is 53.5 Å². The Morgan fingerprint density at radius 3 is 2.83 bits per heavy atom. The van der Waals surface area contributed by atoms with E-state index in [9.17, 15) is 10.1 Å². The third kappa shape index (κ3) is 4.89. The molecule has 5 heteroatoms. The van der Waals surface area contributed by atoms with Gasteiger partial charge in [-0.2, -0.15) is 5.26 Å². The second-order valence-electron chi connectivity index (χ2n) is 5.35. The normalized spacial score (nSPS) is 11.7. The lowest BCUT2D eigenvalue weighted by Crippen LogP contribution is -2.00. The maximum absolute atomic E-state index is 10.8. The molecule has 1 atom stereocenters. The van der Waals surface area contributed by atoms with E-state index >= 15 is 0 Å². The lowest BCUT2D eigenvalue weighted by Gasteiger charge is -2.08. The first-order valence-corrected chi connectivity index (χ1v) is 7.52. The van der Waals surface area contributed by atoms with E-state index in [4.69, 9.17) is 14.3 Å². The second kappa shape index (κ2) is 8.04. The molecule has 0 amide bonds. The quantitative estimate of drug-likeness (QED) is 0.740. The van der Waals surface area contributed by atoms with Gasteiger partial charge in [0, 0.05) is 0 Å². The van der Waals surface area contributed by atoms with Crippen molar-refractivity contribution >= 4 is 5.97 Å². The van der Waals surface area contributed by atoms with E-state index < -0.39 is 11.9 Å². The van der Waals surface area contributed by atoms with E-state index in [2.05, 4.69) is 6.07 Å².